The molecule has 0 bridgehead atoms. The Kier molecular flexibility index (Phi) is 6.55. The summed E-state index contributed by atoms with van der Waals surface area (Å²) in [7, 11) is 0. The van der Waals surface area contributed by atoms with Crippen LogP contribution < -0.4 is 20.5 Å². The van der Waals surface area contributed by atoms with Crippen LogP contribution in [0.15, 0.2) is 34.4 Å². The van der Waals surface area contributed by atoms with Crippen molar-refractivity contribution >= 4 is 51.2 Å². The molecule has 3 heterocycles. The van der Waals surface area contributed by atoms with Gasteiger partial charge in [0, 0.05) is 47.6 Å². The molecule has 4 rings (SSSR count). The van der Waals surface area contributed by atoms with E-state index in [-0.39, 0.29) is 0 Å². The van der Waals surface area contributed by atoms with E-state index in [1.54, 1.807) is 18.0 Å². The van der Waals surface area contributed by atoms with E-state index in [4.69, 9.17) is 20.2 Å². The van der Waals surface area contributed by atoms with Crippen LogP contribution in [0.4, 0.5) is 5.82 Å². The molecule has 0 saturated carbocycles. The van der Waals surface area contributed by atoms with Gasteiger partial charge in [0.1, 0.15) is 5.52 Å². The van der Waals surface area contributed by atoms with Crippen molar-refractivity contribution in [2.24, 2.45) is 0 Å². The van der Waals surface area contributed by atoms with Crippen molar-refractivity contribution in [3.8, 4) is 11.5 Å². The number of pyridine rings is 1. The molecule has 1 aliphatic rings. The Hall–Kier alpha value is -1.72. The third-order valence-corrected chi connectivity index (χ3v) is 7.64. The number of fused-ring (bicyclic) bond motifs is 2. The highest BCUT2D eigenvalue weighted by Gasteiger charge is 2.32. The number of imidazole rings is 1. The number of rotatable bonds is 8. The molecule has 9 heteroatoms. The Bertz CT molecular complexity index is 1100. The van der Waals surface area contributed by atoms with Crippen LogP contribution in [0.1, 0.15) is 40.5 Å². The van der Waals surface area contributed by atoms with Crippen LogP contribution in [0.5, 0.6) is 11.5 Å². The summed E-state index contributed by atoms with van der Waals surface area (Å²) in [6.45, 7) is 9.91. The van der Waals surface area contributed by atoms with Gasteiger partial charge in [0.05, 0.1) is 5.52 Å². The Morgan fingerprint density at radius 3 is 2.65 bits per heavy atom. The summed E-state index contributed by atoms with van der Waals surface area (Å²) in [4.78, 5) is 10.1. The number of nitrogens with two attached hydrogens (primary N) is 1. The minimum Gasteiger partial charge on any atom is -0.449 e. The summed E-state index contributed by atoms with van der Waals surface area (Å²) in [5, 5.41) is 4.53. The van der Waals surface area contributed by atoms with Gasteiger partial charge in [-0.2, -0.15) is 0 Å². The zero-order valence-electron chi connectivity index (χ0n) is 18.2. The van der Waals surface area contributed by atoms with Gasteiger partial charge in [-0.3, -0.25) is 0 Å². The van der Waals surface area contributed by atoms with Gasteiger partial charge in [-0.25, -0.2) is 9.97 Å². The normalized spacial score (nSPS) is 14.6. The van der Waals surface area contributed by atoms with Gasteiger partial charge >= 0.3 is 0 Å². The molecule has 3 N–H and O–H groups in total. The number of halogens is 1. The molecule has 1 aromatic carbocycles. The van der Waals surface area contributed by atoms with Gasteiger partial charge in [0.25, 0.3) is 0 Å². The van der Waals surface area contributed by atoms with E-state index < -0.39 is 5.79 Å². The number of nitrogens with zero attached hydrogens (tertiary/aromatic N) is 3. The van der Waals surface area contributed by atoms with E-state index in [0.29, 0.717) is 11.9 Å². The second kappa shape index (κ2) is 9.03. The lowest BCUT2D eigenvalue weighted by Gasteiger charge is -2.16. The molecule has 2 aromatic heterocycles. The zero-order chi connectivity index (χ0) is 22.2. The average molecular weight is 553 g/mol. The SMILES string of the molecule is CCC(CC)NCCn1c(Sc2cc3c(cc2I)OC(C)(C)O3)nc2c(N)nccc21. The third kappa shape index (κ3) is 4.73. The molecule has 0 radical (unpaired) electrons. The molecule has 0 fully saturated rings. The fourth-order valence-electron chi connectivity index (χ4n) is 3.71. The van der Waals surface area contributed by atoms with E-state index in [2.05, 4.69) is 51.3 Å². The molecule has 0 saturated heterocycles. The maximum atomic E-state index is 6.14. The van der Waals surface area contributed by atoms with Crippen molar-refractivity contribution in [2.45, 2.75) is 69.0 Å². The molecule has 0 aliphatic carbocycles. The number of nitrogen functional groups attached to an aromatic ring is 1. The van der Waals surface area contributed by atoms with Crippen molar-refractivity contribution in [1.82, 2.24) is 19.9 Å². The summed E-state index contributed by atoms with van der Waals surface area (Å²) in [5.41, 5.74) is 7.87. The first kappa shape index (κ1) is 22.5. The lowest BCUT2D eigenvalue weighted by atomic mass is 10.2. The largest absolute Gasteiger partial charge is 0.449 e. The predicted molar refractivity (Wildman–Crippen MR) is 133 cm³/mol. The van der Waals surface area contributed by atoms with Crippen molar-refractivity contribution < 1.29 is 9.47 Å². The highest BCUT2D eigenvalue weighted by Crippen LogP contribution is 2.45. The van der Waals surface area contributed by atoms with Gasteiger partial charge < -0.3 is 25.1 Å². The molecule has 0 atom stereocenters. The zero-order valence-corrected chi connectivity index (χ0v) is 21.2. The standard InChI is InChI=1S/C22H28IN5O2S/c1-5-13(6-2)25-9-10-28-15-7-8-26-20(24)19(15)27-21(28)31-18-12-17-16(11-14(18)23)29-22(3,4)30-17/h7-8,11-13,25H,5-6,9-10H2,1-4H3,(H2,24,26). The number of hydrogen-bond donors (Lipinski definition) is 2. The highest BCUT2D eigenvalue weighted by molar-refractivity contribution is 14.1. The van der Waals surface area contributed by atoms with Gasteiger partial charge in [0.15, 0.2) is 22.5 Å². The molecule has 1 aliphatic heterocycles. The van der Waals surface area contributed by atoms with E-state index in [0.717, 1.165) is 62.1 Å². The molecular weight excluding hydrogens is 525 g/mol. The third-order valence-electron chi connectivity index (χ3n) is 5.33. The van der Waals surface area contributed by atoms with E-state index in [9.17, 15) is 0 Å². The maximum absolute atomic E-state index is 6.14. The fourth-order valence-corrected chi connectivity index (χ4v) is 5.43. The van der Waals surface area contributed by atoms with E-state index >= 15 is 0 Å². The number of anilines is 1. The maximum Gasteiger partial charge on any atom is 0.246 e. The fraction of sp³-hybridized carbons (Fsp3) is 0.455. The van der Waals surface area contributed by atoms with Crippen molar-refractivity contribution in [3.05, 3.63) is 28.0 Å². The molecule has 0 amide bonds. The summed E-state index contributed by atoms with van der Waals surface area (Å²) in [6, 6.07) is 6.55. The van der Waals surface area contributed by atoms with Crippen LogP contribution in [-0.2, 0) is 6.54 Å². The van der Waals surface area contributed by atoms with E-state index in [1.807, 2.05) is 32.0 Å². The molecule has 0 unspecified atom stereocenters. The molecule has 3 aromatic rings. The van der Waals surface area contributed by atoms with Crippen LogP contribution >= 0.6 is 34.4 Å². The summed E-state index contributed by atoms with van der Waals surface area (Å²) in [5.74, 6) is 1.33. The van der Waals surface area contributed by atoms with Gasteiger partial charge in [-0.1, -0.05) is 25.6 Å². The van der Waals surface area contributed by atoms with Crippen LogP contribution in [0.3, 0.4) is 0 Å². The number of benzene rings is 1. The minimum atomic E-state index is -0.650. The quantitative estimate of drug-likeness (QED) is 0.378. The Labute approximate surface area is 200 Å². The van der Waals surface area contributed by atoms with Gasteiger partial charge in [0.2, 0.25) is 5.79 Å². The van der Waals surface area contributed by atoms with Crippen LogP contribution in [-0.4, -0.2) is 32.9 Å². The number of aromatic nitrogens is 3. The number of hydrogen-bond acceptors (Lipinski definition) is 7. The van der Waals surface area contributed by atoms with E-state index in [1.165, 1.54) is 0 Å². The number of ether oxygens (including phenoxy) is 2. The molecule has 7 nitrogen and oxygen atoms in total. The van der Waals surface area contributed by atoms with Crippen molar-refractivity contribution in [2.75, 3.05) is 12.3 Å². The number of nitrogens with one attached hydrogen (secondary N) is 1. The second-order valence-corrected chi connectivity index (χ2v) is 10.2. The Morgan fingerprint density at radius 2 is 1.94 bits per heavy atom. The molecule has 0 spiro atoms. The lowest BCUT2D eigenvalue weighted by molar-refractivity contribution is -0.0432. The molecular formula is C22H28IN5O2S. The summed E-state index contributed by atoms with van der Waals surface area (Å²) < 4.78 is 15.1. The lowest BCUT2D eigenvalue weighted by Crippen LogP contribution is -2.30. The summed E-state index contributed by atoms with van der Waals surface area (Å²) in [6.07, 6.45) is 3.97. The second-order valence-electron chi connectivity index (χ2n) is 8.01. The Balaban J connectivity index is 1.65. The summed E-state index contributed by atoms with van der Waals surface area (Å²) >= 11 is 3.94. The highest BCUT2D eigenvalue weighted by atomic mass is 127. The van der Waals surface area contributed by atoms with Crippen LogP contribution in [0.2, 0.25) is 0 Å². The van der Waals surface area contributed by atoms with Crippen molar-refractivity contribution in [1.29, 1.82) is 0 Å². The monoisotopic (exact) mass is 553 g/mol. The van der Waals surface area contributed by atoms with Gasteiger partial charge in [-0.05, 0) is 53.6 Å². The predicted octanol–water partition coefficient (Wildman–Crippen LogP) is 5.05. The first-order valence-corrected chi connectivity index (χ1v) is 12.4. The van der Waals surface area contributed by atoms with Crippen LogP contribution in [0, 0.1) is 3.57 Å². The van der Waals surface area contributed by atoms with Crippen LogP contribution in [0.25, 0.3) is 11.0 Å². The first-order chi connectivity index (χ1) is 14.8. The molecule has 166 valence electrons. The average Bonchev–Trinajstić information content (AvgIpc) is 3.22. The van der Waals surface area contributed by atoms with Gasteiger partial charge in [-0.15, -0.1) is 0 Å². The van der Waals surface area contributed by atoms with Crippen molar-refractivity contribution in [3.63, 3.8) is 0 Å². The molecule has 31 heavy (non-hydrogen) atoms. The minimum absolute atomic E-state index is 0.452. The Morgan fingerprint density at radius 1 is 1.23 bits per heavy atom. The first-order valence-electron chi connectivity index (χ1n) is 10.5. The topological polar surface area (TPSA) is 87.2 Å². The smallest absolute Gasteiger partial charge is 0.246 e.